The number of methoxy groups -OCH3 is 1. The highest BCUT2D eigenvalue weighted by atomic mass is 16.5. The topological polar surface area (TPSA) is 43.4 Å². The van der Waals surface area contributed by atoms with Crippen molar-refractivity contribution in [3.8, 4) is 0 Å². The molecule has 3 heteroatoms. The van der Waals surface area contributed by atoms with Crippen LogP contribution in [-0.4, -0.2) is 18.9 Å². The third-order valence-electron chi connectivity index (χ3n) is 2.46. The van der Waals surface area contributed by atoms with Crippen LogP contribution >= 0.6 is 0 Å². The molecule has 0 saturated heterocycles. The Morgan fingerprint density at radius 2 is 2.25 bits per heavy atom. The quantitative estimate of drug-likeness (QED) is 0.555. The number of carbonyl (C=O) groups excluding carboxylic acids is 2. The number of esters is 1. The number of Topliss-reactive ketones (excluding diaryl/α,β-unsaturated/α-hetero) is 1. The van der Waals surface area contributed by atoms with Gasteiger partial charge in [0.05, 0.1) is 13.0 Å². The number of ketones is 1. The fraction of sp³-hybridized carbons (Fsp3) is 0.778. The standard InChI is InChI=1S/C9H14O3/c1-6-5-7(9(11)12-2)3-4-8(6)10/h6-7H,3-5H2,1-2H3/t6-,7+/m1/s1. The first-order valence-corrected chi connectivity index (χ1v) is 4.25. The molecular formula is C9H14O3. The van der Waals surface area contributed by atoms with Crippen LogP contribution in [0, 0.1) is 11.8 Å². The average Bonchev–Trinajstić information content (AvgIpc) is 2.08. The Balaban J connectivity index is 2.50. The Hall–Kier alpha value is -0.860. The van der Waals surface area contributed by atoms with Crippen LogP contribution in [0.4, 0.5) is 0 Å². The van der Waals surface area contributed by atoms with Gasteiger partial charge in [0.15, 0.2) is 0 Å². The van der Waals surface area contributed by atoms with E-state index in [-0.39, 0.29) is 23.6 Å². The fourth-order valence-corrected chi connectivity index (χ4v) is 1.62. The van der Waals surface area contributed by atoms with Gasteiger partial charge in [-0.1, -0.05) is 6.92 Å². The van der Waals surface area contributed by atoms with E-state index in [0.717, 1.165) is 0 Å². The number of rotatable bonds is 1. The highest BCUT2D eigenvalue weighted by Crippen LogP contribution is 2.26. The van der Waals surface area contributed by atoms with Gasteiger partial charge in [-0.2, -0.15) is 0 Å². The predicted octanol–water partition coefficient (Wildman–Crippen LogP) is 1.16. The maximum atomic E-state index is 11.1. The SMILES string of the molecule is COC(=O)[C@H]1CCC(=O)[C@H](C)C1. The number of hydrogen-bond donors (Lipinski definition) is 0. The molecule has 0 aliphatic heterocycles. The summed E-state index contributed by atoms with van der Waals surface area (Å²) in [4.78, 5) is 22.2. The fourth-order valence-electron chi connectivity index (χ4n) is 1.62. The van der Waals surface area contributed by atoms with Crippen LogP contribution in [0.25, 0.3) is 0 Å². The molecule has 0 unspecified atom stereocenters. The molecule has 0 spiro atoms. The van der Waals surface area contributed by atoms with E-state index in [1.165, 1.54) is 7.11 Å². The normalized spacial score (nSPS) is 30.0. The van der Waals surface area contributed by atoms with Crippen molar-refractivity contribution in [3.63, 3.8) is 0 Å². The van der Waals surface area contributed by atoms with Crippen LogP contribution in [0.15, 0.2) is 0 Å². The Morgan fingerprint density at radius 3 is 2.75 bits per heavy atom. The Labute approximate surface area is 72.1 Å². The lowest BCUT2D eigenvalue weighted by atomic mass is 9.81. The van der Waals surface area contributed by atoms with Gasteiger partial charge in [-0.25, -0.2) is 0 Å². The molecule has 1 saturated carbocycles. The zero-order valence-corrected chi connectivity index (χ0v) is 7.50. The lowest BCUT2D eigenvalue weighted by molar-refractivity contribution is -0.148. The van der Waals surface area contributed by atoms with E-state index in [2.05, 4.69) is 4.74 Å². The van der Waals surface area contributed by atoms with Crippen LogP contribution < -0.4 is 0 Å². The smallest absolute Gasteiger partial charge is 0.308 e. The molecule has 12 heavy (non-hydrogen) atoms. The minimum atomic E-state index is -0.172. The summed E-state index contributed by atoms with van der Waals surface area (Å²) in [7, 11) is 1.39. The van der Waals surface area contributed by atoms with Gasteiger partial charge in [0.2, 0.25) is 0 Å². The Kier molecular flexibility index (Phi) is 2.84. The van der Waals surface area contributed by atoms with E-state index in [9.17, 15) is 9.59 Å². The molecule has 1 fully saturated rings. The molecular weight excluding hydrogens is 156 g/mol. The summed E-state index contributed by atoms with van der Waals surface area (Å²) in [6, 6.07) is 0. The third-order valence-corrected chi connectivity index (χ3v) is 2.46. The largest absolute Gasteiger partial charge is 0.469 e. The first kappa shape index (κ1) is 9.23. The summed E-state index contributed by atoms with van der Waals surface area (Å²) in [5.41, 5.74) is 0. The van der Waals surface area contributed by atoms with E-state index in [0.29, 0.717) is 19.3 Å². The molecule has 0 heterocycles. The van der Waals surface area contributed by atoms with Crippen molar-refractivity contribution in [2.75, 3.05) is 7.11 Å². The van der Waals surface area contributed by atoms with Crippen molar-refractivity contribution >= 4 is 11.8 Å². The third kappa shape index (κ3) is 1.84. The molecule has 1 aliphatic carbocycles. The van der Waals surface area contributed by atoms with Crippen LogP contribution in [0.2, 0.25) is 0 Å². The number of hydrogen-bond acceptors (Lipinski definition) is 3. The van der Waals surface area contributed by atoms with Crippen molar-refractivity contribution in [1.29, 1.82) is 0 Å². The van der Waals surface area contributed by atoms with Gasteiger partial charge in [-0.3, -0.25) is 9.59 Å². The van der Waals surface area contributed by atoms with Crippen molar-refractivity contribution in [3.05, 3.63) is 0 Å². The van der Waals surface area contributed by atoms with Crippen LogP contribution in [0.5, 0.6) is 0 Å². The Morgan fingerprint density at radius 1 is 1.58 bits per heavy atom. The minimum absolute atomic E-state index is 0.0304. The van der Waals surface area contributed by atoms with Crippen molar-refractivity contribution in [2.45, 2.75) is 26.2 Å². The zero-order valence-electron chi connectivity index (χ0n) is 7.50. The summed E-state index contributed by atoms with van der Waals surface area (Å²) < 4.78 is 4.62. The minimum Gasteiger partial charge on any atom is -0.469 e. The van der Waals surface area contributed by atoms with Crippen molar-refractivity contribution in [2.24, 2.45) is 11.8 Å². The Bertz CT molecular complexity index is 198. The zero-order chi connectivity index (χ0) is 9.14. The van der Waals surface area contributed by atoms with Gasteiger partial charge in [-0.05, 0) is 12.8 Å². The van der Waals surface area contributed by atoms with Gasteiger partial charge in [0.25, 0.3) is 0 Å². The summed E-state index contributed by atoms with van der Waals surface area (Å²) in [5, 5.41) is 0. The molecule has 68 valence electrons. The van der Waals surface area contributed by atoms with Gasteiger partial charge in [-0.15, -0.1) is 0 Å². The van der Waals surface area contributed by atoms with Crippen LogP contribution in [0.3, 0.4) is 0 Å². The van der Waals surface area contributed by atoms with E-state index >= 15 is 0 Å². The first-order chi connectivity index (χ1) is 5.65. The van der Waals surface area contributed by atoms with E-state index in [4.69, 9.17) is 0 Å². The maximum absolute atomic E-state index is 11.1. The summed E-state index contributed by atoms with van der Waals surface area (Å²) in [6.07, 6.45) is 1.85. The molecule has 0 amide bonds. The van der Waals surface area contributed by atoms with Crippen LogP contribution in [0.1, 0.15) is 26.2 Å². The molecule has 2 atom stereocenters. The molecule has 0 N–H and O–H groups in total. The van der Waals surface area contributed by atoms with Crippen molar-refractivity contribution < 1.29 is 14.3 Å². The summed E-state index contributed by atoms with van der Waals surface area (Å²) in [6.45, 7) is 1.87. The van der Waals surface area contributed by atoms with Gasteiger partial charge < -0.3 is 4.74 Å². The molecule has 0 radical (unpaired) electrons. The molecule has 0 aromatic carbocycles. The van der Waals surface area contributed by atoms with Crippen LogP contribution in [-0.2, 0) is 14.3 Å². The van der Waals surface area contributed by atoms with E-state index in [1.54, 1.807) is 0 Å². The van der Waals surface area contributed by atoms with E-state index < -0.39 is 0 Å². The monoisotopic (exact) mass is 170 g/mol. The first-order valence-electron chi connectivity index (χ1n) is 4.25. The van der Waals surface area contributed by atoms with Gasteiger partial charge >= 0.3 is 5.97 Å². The molecule has 0 bridgehead atoms. The van der Waals surface area contributed by atoms with Gasteiger partial charge in [0.1, 0.15) is 5.78 Å². The average molecular weight is 170 g/mol. The highest BCUT2D eigenvalue weighted by Gasteiger charge is 2.30. The molecule has 1 rings (SSSR count). The highest BCUT2D eigenvalue weighted by molar-refractivity contribution is 5.84. The molecule has 0 aromatic heterocycles. The lowest BCUT2D eigenvalue weighted by Gasteiger charge is -2.23. The lowest BCUT2D eigenvalue weighted by Crippen LogP contribution is -2.28. The van der Waals surface area contributed by atoms with Crippen molar-refractivity contribution in [1.82, 2.24) is 0 Å². The summed E-state index contributed by atoms with van der Waals surface area (Å²) in [5.74, 6) is 0.0788. The summed E-state index contributed by atoms with van der Waals surface area (Å²) >= 11 is 0. The number of carbonyl (C=O) groups is 2. The predicted molar refractivity (Wildman–Crippen MR) is 43.5 cm³/mol. The maximum Gasteiger partial charge on any atom is 0.308 e. The molecule has 1 aliphatic rings. The molecule has 3 nitrogen and oxygen atoms in total. The van der Waals surface area contributed by atoms with E-state index in [1.807, 2.05) is 6.92 Å². The molecule has 0 aromatic rings. The van der Waals surface area contributed by atoms with Gasteiger partial charge in [0, 0.05) is 12.3 Å². The second-order valence-electron chi connectivity index (χ2n) is 3.36. The second kappa shape index (κ2) is 3.70. The number of ether oxygens (including phenoxy) is 1. The second-order valence-corrected chi connectivity index (χ2v) is 3.36.